The highest BCUT2D eigenvalue weighted by Gasteiger charge is 2.10. The van der Waals surface area contributed by atoms with Crippen LogP contribution in [-0.4, -0.2) is 40.0 Å². The number of carboxylic acids is 1. The summed E-state index contributed by atoms with van der Waals surface area (Å²) in [6.45, 7) is 0.620. The molecule has 3 aromatic rings. The monoisotopic (exact) mass is 322 g/mol. The molecule has 0 radical (unpaired) electrons. The fraction of sp³-hybridized carbons (Fsp3) is 0.167. The van der Waals surface area contributed by atoms with Gasteiger partial charge in [0.2, 0.25) is 0 Å². The smallest absolute Gasteiger partial charge is 0.335 e. The first-order valence-corrected chi connectivity index (χ1v) is 7.54. The van der Waals surface area contributed by atoms with Gasteiger partial charge in [0, 0.05) is 11.1 Å². The van der Waals surface area contributed by atoms with Crippen molar-refractivity contribution < 1.29 is 9.90 Å². The lowest BCUT2D eigenvalue weighted by atomic mass is 10.2. The molecule has 2 N–H and O–H groups in total. The number of rotatable bonds is 5. The Hall–Kier alpha value is -2.99. The van der Waals surface area contributed by atoms with Crippen LogP contribution in [0.25, 0.3) is 10.9 Å². The number of aromatic carboxylic acids is 1. The normalized spacial score (nSPS) is 11.0. The van der Waals surface area contributed by atoms with Crippen LogP contribution in [0.1, 0.15) is 16.2 Å². The summed E-state index contributed by atoms with van der Waals surface area (Å²) >= 11 is 0. The molecule has 0 aliphatic carbocycles. The summed E-state index contributed by atoms with van der Waals surface area (Å²) in [5, 5.41) is 13.2. The van der Waals surface area contributed by atoms with Crippen molar-refractivity contribution in [1.82, 2.24) is 14.9 Å². The molecule has 0 unspecified atom stereocenters. The topological polar surface area (TPSA) is 78.4 Å². The predicted octanol–water partition coefficient (Wildman–Crippen LogP) is 3.13. The lowest BCUT2D eigenvalue weighted by molar-refractivity contribution is 0.0697. The molecule has 3 rings (SSSR count). The highest BCUT2D eigenvalue weighted by molar-refractivity contribution is 5.92. The third kappa shape index (κ3) is 3.49. The van der Waals surface area contributed by atoms with Crippen molar-refractivity contribution in [3.05, 3.63) is 59.9 Å². The number of nitrogens with one attached hydrogen (secondary N) is 1. The number of aromatic nitrogens is 2. The maximum atomic E-state index is 11.1. The Kier molecular flexibility index (Phi) is 4.39. The Morgan fingerprint density at radius 1 is 1.12 bits per heavy atom. The van der Waals surface area contributed by atoms with Gasteiger partial charge in [0.1, 0.15) is 11.6 Å². The van der Waals surface area contributed by atoms with Gasteiger partial charge in [-0.05, 0) is 44.4 Å². The molecular weight excluding hydrogens is 304 g/mol. The van der Waals surface area contributed by atoms with Gasteiger partial charge in [-0.1, -0.05) is 18.2 Å². The van der Waals surface area contributed by atoms with Crippen molar-refractivity contribution >= 4 is 28.4 Å². The van der Waals surface area contributed by atoms with Gasteiger partial charge in [0.25, 0.3) is 0 Å². The molecule has 0 amide bonds. The molecule has 0 bridgehead atoms. The van der Waals surface area contributed by atoms with Crippen LogP contribution in [0.2, 0.25) is 0 Å². The second-order valence-electron chi connectivity index (χ2n) is 5.75. The average Bonchev–Trinajstić information content (AvgIpc) is 2.54. The van der Waals surface area contributed by atoms with Crippen LogP contribution in [0.3, 0.4) is 0 Å². The summed E-state index contributed by atoms with van der Waals surface area (Å²) in [5.41, 5.74) is 1.75. The number of fused-ring (bicyclic) bond motifs is 1. The summed E-state index contributed by atoms with van der Waals surface area (Å²) < 4.78 is 0. The minimum atomic E-state index is -0.959. The Balaban J connectivity index is 2.04. The Morgan fingerprint density at radius 3 is 2.67 bits per heavy atom. The van der Waals surface area contributed by atoms with Gasteiger partial charge in [-0.15, -0.1) is 0 Å². The Labute approximate surface area is 139 Å². The molecule has 0 atom stereocenters. The fourth-order valence-corrected chi connectivity index (χ4v) is 2.44. The number of hydrogen-bond acceptors (Lipinski definition) is 5. The van der Waals surface area contributed by atoms with E-state index in [1.165, 1.54) is 0 Å². The van der Waals surface area contributed by atoms with Crippen LogP contribution in [0, 0.1) is 0 Å². The standard InChI is InChI=1S/C18H18N4O2/c1-22(2)11-16-20-15-9-4-3-8-14(15)17(21-16)19-13-7-5-6-12(10-13)18(23)24/h3-10H,11H2,1-2H3,(H,23,24)(H,19,20,21). The second kappa shape index (κ2) is 6.64. The molecule has 2 aromatic carbocycles. The highest BCUT2D eigenvalue weighted by Crippen LogP contribution is 2.24. The largest absolute Gasteiger partial charge is 0.478 e. The highest BCUT2D eigenvalue weighted by atomic mass is 16.4. The Bertz CT molecular complexity index is 893. The molecule has 0 saturated heterocycles. The van der Waals surface area contributed by atoms with E-state index in [4.69, 9.17) is 5.11 Å². The van der Waals surface area contributed by atoms with Crippen molar-refractivity contribution in [2.75, 3.05) is 19.4 Å². The first-order chi connectivity index (χ1) is 11.5. The first kappa shape index (κ1) is 15.9. The van der Waals surface area contributed by atoms with Crippen LogP contribution in [-0.2, 0) is 6.54 Å². The van der Waals surface area contributed by atoms with Gasteiger partial charge in [0.05, 0.1) is 17.6 Å². The zero-order chi connectivity index (χ0) is 17.1. The molecule has 0 saturated carbocycles. The van der Waals surface area contributed by atoms with Crippen LogP contribution in [0.15, 0.2) is 48.5 Å². The maximum Gasteiger partial charge on any atom is 0.335 e. The van der Waals surface area contributed by atoms with Crippen molar-refractivity contribution in [2.24, 2.45) is 0 Å². The molecule has 1 aromatic heterocycles. The minimum Gasteiger partial charge on any atom is -0.478 e. The number of nitrogens with zero attached hydrogens (tertiary/aromatic N) is 3. The van der Waals surface area contributed by atoms with Gasteiger partial charge in [-0.3, -0.25) is 0 Å². The van der Waals surface area contributed by atoms with E-state index >= 15 is 0 Å². The van der Waals surface area contributed by atoms with Gasteiger partial charge in [-0.25, -0.2) is 14.8 Å². The Morgan fingerprint density at radius 2 is 1.92 bits per heavy atom. The number of benzene rings is 2. The van der Waals surface area contributed by atoms with Crippen molar-refractivity contribution in [3.8, 4) is 0 Å². The number of hydrogen-bond donors (Lipinski definition) is 2. The number of para-hydroxylation sites is 1. The maximum absolute atomic E-state index is 11.1. The van der Waals surface area contributed by atoms with E-state index in [0.717, 1.165) is 10.9 Å². The molecule has 1 heterocycles. The van der Waals surface area contributed by atoms with Crippen molar-refractivity contribution in [2.45, 2.75) is 6.54 Å². The van der Waals surface area contributed by atoms with E-state index in [0.29, 0.717) is 23.9 Å². The zero-order valence-corrected chi connectivity index (χ0v) is 13.5. The quantitative estimate of drug-likeness (QED) is 0.751. The van der Waals surface area contributed by atoms with Gasteiger partial charge >= 0.3 is 5.97 Å². The third-order valence-corrected chi connectivity index (χ3v) is 3.48. The summed E-state index contributed by atoms with van der Waals surface area (Å²) in [7, 11) is 3.92. The molecule has 0 aliphatic heterocycles. The van der Waals surface area contributed by atoms with E-state index in [1.807, 2.05) is 49.3 Å². The number of carboxylic acid groups (broad SMARTS) is 1. The molecule has 6 heteroatoms. The van der Waals surface area contributed by atoms with E-state index in [-0.39, 0.29) is 5.56 Å². The van der Waals surface area contributed by atoms with E-state index in [9.17, 15) is 4.79 Å². The summed E-state index contributed by atoms with van der Waals surface area (Å²) in [6.07, 6.45) is 0. The van der Waals surface area contributed by atoms with Gasteiger partial charge in [0.15, 0.2) is 0 Å². The molecule has 0 aliphatic rings. The molecule has 24 heavy (non-hydrogen) atoms. The van der Waals surface area contributed by atoms with Crippen LogP contribution in [0.5, 0.6) is 0 Å². The lowest BCUT2D eigenvalue weighted by Gasteiger charge is -2.13. The average molecular weight is 322 g/mol. The predicted molar refractivity (Wildman–Crippen MR) is 93.6 cm³/mol. The summed E-state index contributed by atoms with van der Waals surface area (Å²) in [5.74, 6) is 0.412. The lowest BCUT2D eigenvalue weighted by Crippen LogP contribution is -2.14. The first-order valence-electron chi connectivity index (χ1n) is 7.54. The van der Waals surface area contributed by atoms with E-state index in [2.05, 4.69) is 15.3 Å². The SMILES string of the molecule is CN(C)Cc1nc(Nc2cccc(C(=O)O)c2)c2ccccc2n1. The van der Waals surface area contributed by atoms with Gasteiger partial charge in [-0.2, -0.15) is 0 Å². The second-order valence-corrected chi connectivity index (χ2v) is 5.75. The van der Waals surface area contributed by atoms with Crippen molar-refractivity contribution in [1.29, 1.82) is 0 Å². The van der Waals surface area contributed by atoms with Crippen LogP contribution in [0.4, 0.5) is 11.5 Å². The number of anilines is 2. The molecule has 0 fully saturated rings. The minimum absolute atomic E-state index is 0.229. The summed E-state index contributed by atoms with van der Waals surface area (Å²) in [6, 6.07) is 14.4. The van der Waals surface area contributed by atoms with E-state index < -0.39 is 5.97 Å². The molecular formula is C18H18N4O2. The van der Waals surface area contributed by atoms with Crippen LogP contribution < -0.4 is 5.32 Å². The molecule has 6 nitrogen and oxygen atoms in total. The molecule has 0 spiro atoms. The van der Waals surface area contributed by atoms with E-state index in [1.54, 1.807) is 18.2 Å². The van der Waals surface area contributed by atoms with Gasteiger partial charge < -0.3 is 15.3 Å². The van der Waals surface area contributed by atoms with Crippen molar-refractivity contribution in [3.63, 3.8) is 0 Å². The zero-order valence-electron chi connectivity index (χ0n) is 13.5. The summed E-state index contributed by atoms with van der Waals surface area (Å²) in [4.78, 5) is 22.3. The van der Waals surface area contributed by atoms with Crippen LogP contribution >= 0.6 is 0 Å². The molecule has 122 valence electrons. The number of carbonyl (C=O) groups is 1. The third-order valence-electron chi connectivity index (χ3n) is 3.48. The fourth-order valence-electron chi connectivity index (χ4n) is 2.44.